The lowest BCUT2D eigenvalue weighted by Gasteiger charge is -2.18. The number of fused-ring (bicyclic) bond motifs is 1. The van der Waals surface area contributed by atoms with Crippen LogP contribution in [-0.4, -0.2) is 37.9 Å². The van der Waals surface area contributed by atoms with E-state index in [4.69, 9.17) is 9.47 Å². The van der Waals surface area contributed by atoms with Gasteiger partial charge >= 0.3 is 0 Å². The van der Waals surface area contributed by atoms with Gasteiger partial charge in [0, 0.05) is 19.1 Å². The lowest BCUT2D eigenvalue weighted by Crippen LogP contribution is -2.32. The van der Waals surface area contributed by atoms with E-state index in [-0.39, 0.29) is 11.8 Å². The van der Waals surface area contributed by atoms with Gasteiger partial charge in [0.05, 0.1) is 18.8 Å². The third-order valence-electron chi connectivity index (χ3n) is 4.07. The zero-order valence-electron chi connectivity index (χ0n) is 11.5. The maximum atomic E-state index is 11.5. The Balaban J connectivity index is 1.47. The van der Waals surface area contributed by atoms with Gasteiger partial charge in [-0.05, 0) is 31.6 Å². The van der Waals surface area contributed by atoms with E-state index in [0.717, 1.165) is 19.4 Å². The van der Waals surface area contributed by atoms with E-state index in [9.17, 15) is 4.79 Å². The molecular formula is C14H25NO3. The van der Waals surface area contributed by atoms with Crippen LogP contribution in [0.5, 0.6) is 0 Å². The van der Waals surface area contributed by atoms with Crippen molar-refractivity contribution in [1.29, 1.82) is 0 Å². The smallest absolute Gasteiger partial charge is 0.222 e. The van der Waals surface area contributed by atoms with E-state index in [2.05, 4.69) is 5.32 Å². The third kappa shape index (κ3) is 3.95. The summed E-state index contributed by atoms with van der Waals surface area (Å²) in [6, 6.07) is 0. The Kier molecular flexibility index (Phi) is 5.01. The number of carbonyl (C=O) groups excluding carboxylic acids is 1. The molecule has 4 nitrogen and oxygen atoms in total. The van der Waals surface area contributed by atoms with Crippen LogP contribution in [0.25, 0.3) is 0 Å². The molecule has 2 rings (SSSR count). The SMILES string of the molecule is CCC(C)C(=O)NCCOCC1CCC2OC2C1. The lowest BCUT2D eigenvalue weighted by molar-refractivity contribution is -0.124. The molecule has 1 saturated carbocycles. The van der Waals surface area contributed by atoms with Gasteiger partial charge in [-0.1, -0.05) is 13.8 Å². The maximum absolute atomic E-state index is 11.5. The molecule has 1 N–H and O–H groups in total. The van der Waals surface area contributed by atoms with Crippen molar-refractivity contribution in [3.8, 4) is 0 Å². The van der Waals surface area contributed by atoms with Crippen LogP contribution in [0.2, 0.25) is 0 Å². The normalized spacial score (nSPS) is 31.6. The molecule has 1 heterocycles. The van der Waals surface area contributed by atoms with Gasteiger partial charge in [-0.2, -0.15) is 0 Å². The van der Waals surface area contributed by atoms with Crippen LogP contribution in [0.3, 0.4) is 0 Å². The Hall–Kier alpha value is -0.610. The molecule has 1 amide bonds. The summed E-state index contributed by atoms with van der Waals surface area (Å²) in [5, 5.41) is 2.90. The zero-order valence-corrected chi connectivity index (χ0v) is 11.5. The van der Waals surface area contributed by atoms with Crippen LogP contribution in [0, 0.1) is 11.8 Å². The molecule has 18 heavy (non-hydrogen) atoms. The highest BCUT2D eigenvalue weighted by molar-refractivity contribution is 5.78. The fourth-order valence-electron chi connectivity index (χ4n) is 2.49. The molecule has 1 aliphatic heterocycles. The van der Waals surface area contributed by atoms with E-state index in [1.165, 1.54) is 12.8 Å². The average Bonchev–Trinajstić information content (AvgIpc) is 3.15. The molecule has 1 aliphatic carbocycles. The van der Waals surface area contributed by atoms with Crippen LogP contribution in [0.15, 0.2) is 0 Å². The summed E-state index contributed by atoms with van der Waals surface area (Å²) in [5.41, 5.74) is 0. The fraction of sp³-hybridized carbons (Fsp3) is 0.929. The molecule has 4 heteroatoms. The van der Waals surface area contributed by atoms with Crippen molar-refractivity contribution in [2.75, 3.05) is 19.8 Å². The van der Waals surface area contributed by atoms with Crippen LogP contribution in [-0.2, 0) is 14.3 Å². The second-order valence-corrected chi connectivity index (χ2v) is 5.57. The average molecular weight is 255 g/mol. The molecule has 0 spiro atoms. The maximum Gasteiger partial charge on any atom is 0.222 e. The first-order chi connectivity index (χ1) is 8.70. The van der Waals surface area contributed by atoms with Gasteiger partial charge in [0.15, 0.2) is 0 Å². The molecule has 1 saturated heterocycles. The van der Waals surface area contributed by atoms with Gasteiger partial charge in [0.1, 0.15) is 0 Å². The van der Waals surface area contributed by atoms with Crippen molar-refractivity contribution < 1.29 is 14.3 Å². The summed E-state index contributed by atoms with van der Waals surface area (Å²) in [6.45, 7) is 6.03. The van der Waals surface area contributed by atoms with Crippen molar-refractivity contribution >= 4 is 5.91 Å². The predicted octanol–water partition coefficient (Wildman–Crippen LogP) is 1.73. The lowest BCUT2D eigenvalue weighted by atomic mass is 9.90. The van der Waals surface area contributed by atoms with Gasteiger partial charge in [-0.3, -0.25) is 4.79 Å². The quantitative estimate of drug-likeness (QED) is 0.557. The van der Waals surface area contributed by atoms with Gasteiger partial charge < -0.3 is 14.8 Å². The molecular weight excluding hydrogens is 230 g/mol. The number of epoxide rings is 1. The van der Waals surface area contributed by atoms with Crippen molar-refractivity contribution in [3.63, 3.8) is 0 Å². The zero-order chi connectivity index (χ0) is 13.0. The summed E-state index contributed by atoms with van der Waals surface area (Å²) in [7, 11) is 0. The van der Waals surface area contributed by atoms with Gasteiger partial charge in [0.2, 0.25) is 5.91 Å². The Morgan fingerprint density at radius 2 is 2.28 bits per heavy atom. The molecule has 0 radical (unpaired) electrons. The van der Waals surface area contributed by atoms with Gasteiger partial charge in [-0.25, -0.2) is 0 Å². The molecule has 2 fully saturated rings. The van der Waals surface area contributed by atoms with Gasteiger partial charge in [-0.15, -0.1) is 0 Å². The summed E-state index contributed by atoms with van der Waals surface area (Å²) in [5.74, 6) is 0.888. The molecule has 0 bridgehead atoms. The first kappa shape index (κ1) is 13.8. The predicted molar refractivity (Wildman–Crippen MR) is 69.3 cm³/mol. The fourth-order valence-corrected chi connectivity index (χ4v) is 2.49. The molecule has 2 aliphatic rings. The van der Waals surface area contributed by atoms with Crippen molar-refractivity contribution in [2.45, 2.75) is 51.7 Å². The number of hydrogen-bond acceptors (Lipinski definition) is 3. The van der Waals surface area contributed by atoms with Gasteiger partial charge in [0.25, 0.3) is 0 Å². The van der Waals surface area contributed by atoms with Crippen LogP contribution in [0.4, 0.5) is 0 Å². The molecule has 104 valence electrons. The second kappa shape index (κ2) is 6.53. The first-order valence-corrected chi connectivity index (χ1v) is 7.21. The highest BCUT2D eigenvalue weighted by Gasteiger charge is 2.43. The van der Waals surface area contributed by atoms with E-state index in [1.807, 2.05) is 13.8 Å². The standard InChI is InChI=1S/C14H25NO3/c1-3-10(2)14(16)15-6-7-17-9-11-4-5-12-13(8-11)18-12/h10-13H,3-9H2,1-2H3,(H,15,16). The third-order valence-corrected chi connectivity index (χ3v) is 4.07. The van der Waals surface area contributed by atoms with E-state index in [1.54, 1.807) is 0 Å². The van der Waals surface area contributed by atoms with Crippen molar-refractivity contribution in [3.05, 3.63) is 0 Å². The van der Waals surface area contributed by atoms with Crippen molar-refractivity contribution in [2.24, 2.45) is 11.8 Å². The monoisotopic (exact) mass is 255 g/mol. The number of carbonyl (C=O) groups is 1. The molecule has 0 aromatic heterocycles. The van der Waals surface area contributed by atoms with E-state index in [0.29, 0.717) is 31.3 Å². The Morgan fingerprint density at radius 1 is 1.44 bits per heavy atom. The van der Waals surface area contributed by atoms with Crippen LogP contribution >= 0.6 is 0 Å². The number of nitrogens with one attached hydrogen (secondary N) is 1. The Labute approximate surface area is 109 Å². The Bertz CT molecular complexity index is 282. The van der Waals surface area contributed by atoms with Crippen LogP contribution in [0.1, 0.15) is 39.5 Å². The highest BCUT2D eigenvalue weighted by atomic mass is 16.6. The highest BCUT2D eigenvalue weighted by Crippen LogP contribution is 2.39. The largest absolute Gasteiger partial charge is 0.379 e. The summed E-state index contributed by atoms with van der Waals surface area (Å²) in [6.07, 6.45) is 5.55. The minimum Gasteiger partial charge on any atom is -0.379 e. The molecule has 0 aromatic carbocycles. The van der Waals surface area contributed by atoms with Crippen LogP contribution < -0.4 is 5.32 Å². The van der Waals surface area contributed by atoms with Crippen molar-refractivity contribution in [1.82, 2.24) is 5.32 Å². The van der Waals surface area contributed by atoms with E-state index >= 15 is 0 Å². The second-order valence-electron chi connectivity index (χ2n) is 5.57. The first-order valence-electron chi connectivity index (χ1n) is 7.21. The molecule has 4 unspecified atom stereocenters. The topological polar surface area (TPSA) is 50.9 Å². The number of hydrogen-bond donors (Lipinski definition) is 1. The number of rotatable bonds is 7. The summed E-state index contributed by atoms with van der Waals surface area (Å²) < 4.78 is 11.1. The Morgan fingerprint density at radius 3 is 3.00 bits per heavy atom. The number of ether oxygens (including phenoxy) is 2. The minimum atomic E-state index is 0.104. The number of amides is 1. The molecule has 0 aromatic rings. The van der Waals surface area contributed by atoms with E-state index < -0.39 is 0 Å². The summed E-state index contributed by atoms with van der Waals surface area (Å²) >= 11 is 0. The summed E-state index contributed by atoms with van der Waals surface area (Å²) in [4.78, 5) is 11.5. The molecule has 4 atom stereocenters. The minimum absolute atomic E-state index is 0.104.